The summed E-state index contributed by atoms with van der Waals surface area (Å²) in [4.78, 5) is 12.1. The molecule has 2 aliphatic rings. The van der Waals surface area contributed by atoms with Crippen molar-refractivity contribution in [2.75, 3.05) is 21.0 Å². The van der Waals surface area contributed by atoms with Crippen LogP contribution in [0.4, 0.5) is 0 Å². The highest BCUT2D eigenvalue weighted by atomic mass is 16.7. The van der Waals surface area contributed by atoms with E-state index in [1.54, 1.807) is 12.1 Å². The van der Waals surface area contributed by atoms with Crippen LogP contribution in [0.25, 0.3) is 0 Å². The summed E-state index contributed by atoms with van der Waals surface area (Å²) in [6, 6.07) is 3.36. The highest BCUT2D eigenvalue weighted by Crippen LogP contribution is 2.47. The van der Waals surface area contributed by atoms with Crippen LogP contribution in [0.2, 0.25) is 0 Å². The molecule has 1 aromatic rings. The molecule has 0 spiro atoms. The molecule has 132 valence electrons. The minimum Gasteiger partial charge on any atom is -0.493 e. The molecule has 5 atom stereocenters. The molecule has 1 aromatic carbocycles. The molecule has 1 saturated carbocycles. The maximum atomic E-state index is 12.1. The van der Waals surface area contributed by atoms with Gasteiger partial charge in [-0.05, 0) is 24.1 Å². The zero-order valence-electron chi connectivity index (χ0n) is 13.3. The van der Waals surface area contributed by atoms with E-state index in [4.69, 9.17) is 18.9 Å². The first-order valence-corrected chi connectivity index (χ1v) is 7.57. The Labute approximate surface area is 138 Å². The van der Waals surface area contributed by atoms with E-state index < -0.39 is 36.1 Å². The van der Waals surface area contributed by atoms with Gasteiger partial charge in [0.15, 0.2) is 11.5 Å². The van der Waals surface area contributed by atoms with E-state index in [9.17, 15) is 20.1 Å². The Morgan fingerprint density at radius 2 is 1.92 bits per heavy atom. The van der Waals surface area contributed by atoms with Crippen molar-refractivity contribution in [2.45, 2.75) is 30.7 Å². The van der Waals surface area contributed by atoms with Crippen LogP contribution in [0.5, 0.6) is 17.2 Å². The zero-order chi connectivity index (χ0) is 17.4. The van der Waals surface area contributed by atoms with E-state index in [2.05, 4.69) is 0 Å². The van der Waals surface area contributed by atoms with E-state index in [0.29, 0.717) is 22.8 Å². The average Bonchev–Trinajstić information content (AvgIpc) is 3.06. The first-order chi connectivity index (χ1) is 11.5. The van der Waals surface area contributed by atoms with Gasteiger partial charge in [0, 0.05) is 5.92 Å². The molecule has 0 saturated heterocycles. The van der Waals surface area contributed by atoms with Crippen molar-refractivity contribution in [3.05, 3.63) is 17.7 Å². The third-order valence-corrected chi connectivity index (χ3v) is 4.62. The van der Waals surface area contributed by atoms with E-state index >= 15 is 0 Å². The summed E-state index contributed by atoms with van der Waals surface area (Å²) in [5, 5.41) is 30.2. The van der Waals surface area contributed by atoms with Crippen LogP contribution in [0.1, 0.15) is 17.9 Å². The number of esters is 1. The topological polar surface area (TPSA) is 115 Å². The van der Waals surface area contributed by atoms with E-state index in [-0.39, 0.29) is 13.2 Å². The Balaban J connectivity index is 2.03. The minimum atomic E-state index is -1.44. The van der Waals surface area contributed by atoms with Gasteiger partial charge in [0.2, 0.25) is 12.5 Å². The van der Waals surface area contributed by atoms with Crippen LogP contribution in [0.3, 0.4) is 0 Å². The van der Waals surface area contributed by atoms with Gasteiger partial charge in [-0.25, -0.2) is 0 Å². The van der Waals surface area contributed by atoms with Crippen LogP contribution < -0.4 is 14.2 Å². The molecular formula is C16H20O8. The lowest BCUT2D eigenvalue weighted by Crippen LogP contribution is -2.52. The number of hydrogen-bond acceptors (Lipinski definition) is 8. The highest BCUT2D eigenvalue weighted by Gasteiger charge is 2.48. The van der Waals surface area contributed by atoms with Crippen molar-refractivity contribution in [2.24, 2.45) is 5.92 Å². The molecule has 0 aromatic heterocycles. The Hall–Kier alpha value is -2.03. The lowest BCUT2D eigenvalue weighted by Gasteiger charge is -2.39. The van der Waals surface area contributed by atoms with Crippen molar-refractivity contribution < 1.29 is 39.1 Å². The second-order valence-electron chi connectivity index (χ2n) is 5.90. The number of methoxy groups -OCH3 is 2. The molecule has 3 N–H and O–H groups in total. The maximum absolute atomic E-state index is 12.1. The molecule has 0 radical (unpaired) electrons. The van der Waals surface area contributed by atoms with E-state index in [1.807, 2.05) is 0 Å². The monoisotopic (exact) mass is 340 g/mol. The molecular weight excluding hydrogens is 320 g/mol. The predicted octanol–water partition coefficient (Wildman–Crippen LogP) is -0.217. The fourth-order valence-electron chi connectivity index (χ4n) is 3.37. The number of rotatable bonds is 3. The predicted molar refractivity (Wildman–Crippen MR) is 80.0 cm³/mol. The van der Waals surface area contributed by atoms with Crippen molar-refractivity contribution in [1.29, 1.82) is 0 Å². The fraction of sp³-hybridized carbons (Fsp3) is 0.562. The second kappa shape index (κ2) is 6.46. The SMILES string of the molecule is COC(=O)[C@H]1[C@H](O)[C@H](O)[C@@H](O)C[C@@H]1c1cc(OC)c2c(c1)OCO2. The number of hydrogen-bond donors (Lipinski definition) is 3. The van der Waals surface area contributed by atoms with Crippen molar-refractivity contribution in [3.63, 3.8) is 0 Å². The smallest absolute Gasteiger partial charge is 0.312 e. The summed E-state index contributed by atoms with van der Waals surface area (Å²) in [5.41, 5.74) is 0.622. The molecule has 8 heteroatoms. The number of ether oxygens (including phenoxy) is 4. The molecule has 1 aliphatic carbocycles. The van der Waals surface area contributed by atoms with Gasteiger partial charge < -0.3 is 34.3 Å². The fourth-order valence-corrected chi connectivity index (χ4v) is 3.37. The minimum absolute atomic E-state index is 0.0597. The zero-order valence-corrected chi connectivity index (χ0v) is 13.3. The first-order valence-electron chi connectivity index (χ1n) is 7.57. The summed E-state index contributed by atoms with van der Waals surface area (Å²) in [6.07, 6.45) is -3.94. The standard InChI is InChI=1S/C16H20O8/c1-21-10-3-7(4-11-15(10)24-6-23-11)8-5-9(17)13(18)14(19)12(8)16(20)22-2/h3-4,8-9,12-14,17-19H,5-6H2,1-2H3/t8-,9+,12-,13-,14+/m1/s1. The van der Waals surface area contributed by atoms with Crippen LogP contribution >= 0.6 is 0 Å². The molecule has 3 rings (SSSR count). The molecule has 24 heavy (non-hydrogen) atoms. The first kappa shape index (κ1) is 16.8. The van der Waals surface area contributed by atoms with E-state index in [1.165, 1.54) is 14.2 Å². The van der Waals surface area contributed by atoms with Gasteiger partial charge in [-0.2, -0.15) is 0 Å². The largest absolute Gasteiger partial charge is 0.493 e. The van der Waals surface area contributed by atoms with Crippen molar-refractivity contribution in [1.82, 2.24) is 0 Å². The third kappa shape index (κ3) is 2.66. The Kier molecular flexibility index (Phi) is 4.53. The van der Waals surface area contributed by atoms with Gasteiger partial charge in [0.1, 0.15) is 6.10 Å². The van der Waals surface area contributed by atoms with Gasteiger partial charge in [-0.15, -0.1) is 0 Å². The van der Waals surface area contributed by atoms with Gasteiger partial charge in [0.25, 0.3) is 0 Å². The Bertz CT molecular complexity index is 631. The number of fused-ring (bicyclic) bond motifs is 1. The Morgan fingerprint density at radius 3 is 2.58 bits per heavy atom. The summed E-state index contributed by atoms with van der Waals surface area (Å²) in [5.74, 6) is -0.891. The van der Waals surface area contributed by atoms with Crippen molar-refractivity contribution >= 4 is 5.97 Å². The second-order valence-corrected chi connectivity index (χ2v) is 5.90. The molecule has 0 unspecified atom stereocenters. The number of benzene rings is 1. The molecule has 1 heterocycles. The number of carbonyl (C=O) groups excluding carboxylic acids is 1. The highest BCUT2D eigenvalue weighted by molar-refractivity contribution is 5.75. The van der Waals surface area contributed by atoms with Crippen LogP contribution in [0.15, 0.2) is 12.1 Å². The summed E-state index contributed by atoms with van der Waals surface area (Å²) in [7, 11) is 2.69. The molecule has 1 aliphatic heterocycles. The molecule has 1 fully saturated rings. The summed E-state index contributed by atoms with van der Waals surface area (Å²) in [6.45, 7) is 0.0597. The van der Waals surface area contributed by atoms with Crippen LogP contribution in [0, 0.1) is 5.92 Å². The molecule has 0 amide bonds. The summed E-state index contributed by atoms with van der Waals surface area (Å²) < 4.78 is 20.8. The third-order valence-electron chi connectivity index (χ3n) is 4.62. The number of aliphatic hydroxyl groups is 3. The number of carbonyl (C=O) groups is 1. The lowest BCUT2D eigenvalue weighted by molar-refractivity contribution is -0.166. The van der Waals surface area contributed by atoms with Crippen LogP contribution in [-0.4, -0.2) is 60.6 Å². The quantitative estimate of drug-likeness (QED) is 0.647. The maximum Gasteiger partial charge on any atom is 0.312 e. The number of aliphatic hydroxyl groups excluding tert-OH is 3. The summed E-state index contributed by atoms with van der Waals surface area (Å²) >= 11 is 0. The van der Waals surface area contributed by atoms with Gasteiger partial charge >= 0.3 is 5.97 Å². The van der Waals surface area contributed by atoms with Gasteiger partial charge in [-0.1, -0.05) is 0 Å². The Morgan fingerprint density at radius 1 is 1.17 bits per heavy atom. The van der Waals surface area contributed by atoms with Crippen molar-refractivity contribution in [3.8, 4) is 17.2 Å². The average molecular weight is 340 g/mol. The lowest BCUT2D eigenvalue weighted by atomic mass is 9.71. The normalized spacial score (nSPS) is 31.6. The molecule has 8 nitrogen and oxygen atoms in total. The molecule has 0 bridgehead atoms. The van der Waals surface area contributed by atoms with E-state index in [0.717, 1.165) is 0 Å². The van der Waals surface area contributed by atoms with Crippen LogP contribution in [-0.2, 0) is 9.53 Å². The van der Waals surface area contributed by atoms with Gasteiger partial charge in [-0.3, -0.25) is 4.79 Å². The van der Waals surface area contributed by atoms with Gasteiger partial charge in [0.05, 0.1) is 32.3 Å².